The van der Waals surface area contributed by atoms with E-state index < -0.39 is 0 Å². The van der Waals surface area contributed by atoms with Crippen LogP contribution in [0, 0.1) is 11.3 Å². The molecule has 0 amide bonds. The highest BCUT2D eigenvalue weighted by molar-refractivity contribution is 5.83. The molecule has 0 bridgehead atoms. The molecule has 0 heterocycles. The molecule has 0 aromatic rings. The van der Waals surface area contributed by atoms with Crippen LogP contribution in [0.5, 0.6) is 0 Å². The fraction of sp³-hybridized carbons (Fsp3) is 0.909. The molecule has 72 valence electrons. The third kappa shape index (κ3) is 4.53. The van der Waals surface area contributed by atoms with Crippen molar-refractivity contribution in [3.8, 4) is 0 Å². The minimum Gasteiger partial charge on any atom is -0.299 e. The molecule has 0 saturated heterocycles. The smallest absolute Gasteiger partial charge is 0.138 e. The summed E-state index contributed by atoms with van der Waals surface area (Å²) in [6, 6.07) is 0. The molecule has 0 rings (SSSR count). The molecule has 0 aliphatic heterocycles. The molecule has 1 nitrogen and oxygen atoms in total. The van der Waals surface area contributed by atoms with E-state index in [-0.39, 0.29) is 5.41 Å². The minimum atomic E-state index is -0.145. The van der Waals surface area contributed by atoms with Crippen LogP contribution in [0.15, 0.2) is 0 Å². The maximum atomic E-state index is 11.5. The summed E-state index contributed by atoms with van der Waals surface area (Å²) >= 11 is 0. The second-order valence-corrected chi connectivity index (χ2v) is 4.73. The topological polar surface area (TPSA) is 17.1 Å². The summed E-state index contributed by atoms with van der Waals surface area (Å²) in [5.74, 6) is 1.08. The van der Waals surface area contributed by atoms with Crippen molar-refractivity contribution in [3.05, 3.63) is 0 Å². The van der Waals surface area contributed by atoms with Crippen LogP contribution in [0.1, 0.15) is 53.9 Å². The second-order valence-electron chi connectivity index (χ2n) is 4.73. The molecular formula is C11H22O. The first-order valence-corrected chi connectivity index (χ1v) is 4.91. The number of carbonyl (C=O) groups is 1. The summed E-state index contributed by atoms with van der Waals surface area (Å²) in [5.41, 5.74) is -0.145. The molecule has 12 heavy (non-hydrogen) atoms. The fourth-order valence-corrected chi connectivity index (χ4v) is 0.957. The Morgan fingerprint density at radius 1 is 1.33 bits per heavy atom. The SMILES string of the molecule is CCC(C)CCC(=O)C(C)(C)C. The lowest BCUT2D eigenvalue weighted by atomic mass is 9.86. The molecule has 0 radical (unpaired) electrons. The van der Waals surface area contributed by atoms with Crippen LogP contribution in [0.25, 0.3) is 0 Å². The van der Waals surface area contributed by atoms with Gasteiger partial charge in [0.05, 0.1) is 0 Å². The molecular weight excluding hydrogens is 148 g/mol. The Hall–Kier alpha value is -0.330. The van der Waals surface area contributed by atoms with Crippen molar-refractivity contribution in [1.29, 1.82) is 0 Å². The first-order chi connectivity index (χ1) is 5.38. The average molecular weight is 170 g/mol. The van der Waals surface area contributed by atoms with Gasteiger partial charge in [-0.2, -0.15) is 0 Å². The number of hydrogen-bond acceptors (Lipinski definition) is 1. The highest BCUT2D eigenvalue weighted by Crippen LogP contribution is 2.20. The zero-order chi connectivity index (χ0) is 9.78. The summed E-state index contributed by atoms with van der Waals surface area (Å²) in [5, 5.41) is 0. The van der Waals surface area contributed by atoms with Gasteiger partial charge in [0, 0.05) is 11.8 Å². The Morgan fingerprint density at radius 2 is 1.83 bits per heavy atom. The van der Waals surface area contributed by atoms with Crippen molar-refractivity contribution in [3.63, 3.8) is 0 Å². The van der Waals surface area contributed by atoms with Gasteiger partial charge in [0.1, 0.15) is 5.78 Å². The maximum Gasteiger partial charge on any atom is 0.138 e. The largest absolute Gasteiger partial charge is 0.299 e. The number of carbonyl (C=O) groups excluding carboxylic acids is 1. The molecule has 1 heteroatoms. The number of ketones is 1. The van der Waals surface area contributed by atoms with Gasteiger partial charge in [-0.3, -0.25) is 4.79 Å². The van der Waals surface area contributed by atoms with Gasteiger partial charge in [0.15, 0.2) is 0 Å². The second kappa shape index (κ2) is 4.64. The van der Waals surface area contributed by atoms with Crippen molar-refractivity contribution < 1.29 is 4.79 Å². The van der Waals surface area contributed by atoms with E-state index in [1.54, 1.807) is 0 Å². The number of rotatable bonds is 4. The van der Waals surface area contributed by atoms with E-state index in [0.717, 1.165) is 12.8 Å². The van der Waals surface area contributed by atoms with Crippen LogP contribution in [0.2, 0.25) is 0 Å². The van der Waals surface area contributed by atoms with Crippen molar-refractivity contribution in [1.82, 2.24) is 0 Å². The summed E-state index contributed by atoms with van der Waals surface area (Å²) in [4.78, 5) is 11.5. The van der Waals surface area contributed by atoms with Gasteiger partial charge in [-0.1, -0.05) is 41.0 Å². The number of Topliss-reactive ketones (excluding diaryl/α,β-unsaturated/α-hetero) is 1. The van der Waals surface area contributed by atoms with Gasteiger partial charge in [-0.15, -0.1) is 0 Å². The summed E-state index contributed by atoms with van der Waals surface area (Å²) in [7, 11) is 0. The average Bonchev–Trinajstić information content (AvgIpc) is 1.97. The normalized spacial score (nSPS) is 14.4. The molecule has 0 aromatic heterocycles. The maximum absolute atomic E-state index is 11.5. The van der Waals surface area contributed by atoms with Gasteiger partial charge < -0.3 is 0 Å². The van der Waals surface area contributed by atoms with Gasteiger partial charge in [-0.25, -0.2) is 0 Å². The lowest BCUT2D eigenvalue weighted by molar-refractivity contribution is -0.126. The van der Waals surface area contributed by atoms with Gasteiger partial charge in [-0.05, 0) is 12.3 Å². The Kier molecular flexibility index (Phi) is 4.51. The third-order valence-corrected chi connectivity index (χ3v) is 2.40. The zero-order valence-corrected chi connectivity index (χ0v) is 9.11. The summed E-state index contributed by atoms with van der Waals surface area (Å²) in [6.07, 6.45) is 2.97. The van der Waals surface area contributed by atoms with Gasteiger partial charge in [0.25, 0.3) is 0 Å². The highest BCUT2D eigenvalue weighted by Gasteiger charge is 2.20. The first-order valence-electron chi connectivity index (χ1n) is 4.91. The van der Waals surface area contributed by atoms with Gasteiger partial charge in [0.2, 0.25) is 0 Å². The molecule has 0 aliphatic rings. The number of hydrogen-bond donors (Lipinski definition) is 0. The van der Waals surface area contributed by atoms with E-state index in [1.807, 2.05) is 20.8 Å². The Labute approximate surface area is 76.6 Å². The van der Waals surface area contributed by atoms with E-state index >= 15 is 0 Å². The monoisotopic (exact) mass is 170 g/mol. The van der Waals surface area contributed by atoms with Crippen molar-refractivity contribution in [2.75, 3.05) is 0 Å². The first kappa shape index (κ1) is 11.7. The molecule has 0 spiro atoms. The fourth-order valence-electron chi connectivity index (χ4n) is 0.957. The van der Waals surface area contributed by atoms with Crippen LogP contribution in [-0.2, 0) is 4.79 Å². The summed E-state index contributed by atoms with van der Waals surface area (Å²) < 4.78 is 0. The van der Waals surface area contributed by atoms with Crippen LogP contribution in [0.3, 0.4) is 0 Å². The quantitative estimate of drug-likeness (QED) is 0.631. The van der Waals surface area contributed by atoms with Crippen molar-refractivity contribution in [2.24, 2.45) is 11.3 Å². The van der Waals surface area contributed by atoms with Crippen LogP contribution >= 0.6 is 0 Å². The molecule has 1 atom stereocenters. The molecule has 1 unspecified atom stereocenters. The molecule has 0 saturated carbocycles. The van der Waals surface area contributed by atoms with Crippen LogP contribution < -0.4 is 0 Å². The van der Waals surface area contributed by atoms with Crippen LogP contribution in [-0.4, -0.2) is 5.78 Å². The van der Waals surface area contributed by atoms with E-state index in [9.17, 15) is 4.79 Å². The standard InChI is InChI=1S/C11H22O/c1-6-9(2)7-8-10(12)11(3,4)5/h9H,6-8H2,1-5H3. The van der Waals surface area contributed by atoms with E-state index in [2.05, 4.69) is 13.8 Å². The molecule has 0 aliphatic carbocycles. The lowest BCUT2D eigenvalue weighted by Crippen LogP contribution is -2.20. The Morgan fingerprint density at radius 3 is 2.17 bits per heavy atom. The van der Waals surface area contributed by atoms with Gasteiger partial charge >= 0.3 is 0 Å². The predicted octanol–water partition coefficient (Wildman–Crippen LogP) is 3.43. The lowest BCUT2D eigenvalue weighted by Gasteiger charge is -2.17. The van der Waals surface area contributed by atoms with E-state index in [0.29, 0.717) is 11.7 Å². The summed E-state index contributed by atoms with van der Waals surface area (Å²) in [6.45, 7) is 10.4. The third-order valence-electron chi connectivity index (χ3n) is 2.40. The Balaban J connectivity index is 3.73. The zero-order valence-electron chi connectivity index (χ0n) is 9.11. The molecule has 0 fully saturated rings. The molecule has 0 N–H and O–H groups in total. The van der Waals surface area contributed by atoms with Crippen LogP contribution in [0.4, 0.5) is 0 Å². The molecule has 0 aromatic carbocycles. The van der Waals surface area contributed by atoms with Crippen molar-refractivity contribution in [2.45, 2.75) is 53.9 Å². The van der Waals surface area contributed by atoms with E-state index in [4.69, 9.17) is 0 Å². The van der Waals surface area contributed by atoms with Crippen molar-refractivity contribution >= 4 is 5.78 Å². The Bertz CT molecular complexity index is 142. The van der Waals surface area contributed by atoms with E-state index in [1.165, 1.54) is 6.42 Å². The minimum absolute atomic E-state index is 0.145. The highest BCUT2D eigenvalue weighted by atomic mass is 16.1. The predicted molar refractivity (Wildman–Crippen MR) is 53.2 cm³/mol.